The van der Waals surface area contributed by atoms with Crippen molar-refractivity contribution in [3.05, 3.63) is 70.8 Å². The van der Waals surface area contributed by atoms with E-state index in [0.29, 0.717) is 0 Å². The van der Waals surface area contributed by atoms with Gasteiger partial charge in [0, 0.05) is 13.8 Å². The number of carbonyl (C=O) groups is 2. The van der Waals surface area contributed by atoms with Gasteiger partial charge in [-0.1, -0.05) is 70.8 Å². The molecule has 0 aliphatic carbocycles. The standard InChI is InChI=1S/2C8H10.C4H6O3/c2*1-7-3-5-8(2)6-4-7;1-3(5)7-4(2)6/h2*3-6H,1-2H3;1-2H3. The molecule has 0 unspecified atom stereocenters. The molecule has 0 aliphatic heterocycles. The van der Waals surface area contributed by atoms with Crippen LogP contribution < -0.4 is 0 Å². The number of rotatable bonds is 0. The second-order valence-electron chi connectivity index (χ2n) is 5.39. The zero-order valence-corrected chi connectivity index (χ0v) is 14.8. The lowest BCUT2D eigenvalue weighted by molar-refractivity contribution is -0.156. The van der Waals surface area contributed by atoms with Gasteiger partial charge < -0.3 is 4.74 Å². The molecule has 0 amide bonds. The van der Waals surface area contributed by atoms with Crippen molar-refractivity contribution in [2.24, 2.45) is 0 Å². The number of hydrogen-bond acceptors (Lipinski definition) is 3. The first-order chi connectivity index (χ1) is 10.7. The third kappa shape index (κ3) is 13.0. The molecule has 0 fully saturated rings. The summed E-state index contributed by atoms with van der Waals surface area (Å²) in [5.74, 6) is -1.12. The highest BCUT2D eigenvalue weighted by Gasteiger charge is 1.93. The topological polar surface area (TPSA) is 43.4 Å². The van der Waals surface area contributed by atoms with Crippen molar-refractivity contribution in [3.8, 4) is 0 Å². The van der Waals surface area contributed by atoms with E-state index < -0.39 is 11.9 Å². The van der Waals surface area contributed by atoms with Crippen molar-refractivity contribution < 1.29 is 14.3 Å². The Morgan fingerprint density at radius 3 is 0.826 bits per heavy atom. The van der Waals surface area contributed by atoms with Crippen LogP contribution in [0.3, 0.4) is 0 Å². The Hall–Kier alpha value is -2.42. The van der Waals surface area contributed by atoms with Gasteiger partial charge in [0.2, 0.25) is 0 Å². The first-order valence-corrected chi connectivity index (χ1v) is 7.46. The van der Waals surface area contributed by atoms with Crippen LogP contribution in [0.2, 0.25) is 0 Å². The summed E-state index contributed by atoms with van der Waals surface area (Å²) in [6.45, 7) is 10.8. The van der Waals surface area contributed by atoms with Gasteiger partial charge in [0.1, 0.15) is 0 Å². The fourth-order valence-corrected chi connectivity index (χ4v) is 1.48. The lowest BCUT2D eigenvalue weighted by atomic mass is 10.2. The Morgan fingerprint density at radius 2 is 0.739 bits per heavy atom. The van der Waals surface area contributed by atoms with Crippen molar-refractivity contribution in [1.82, 2.24) is 0 Å². The van der Waals surface area contributed by atoms with Crippen molar-refractivity contribution >= 4 is 11.9 Å². The van der Waals surface area contributed by atoms with Crippen LogP contribution in [0.1, 0.15) is 36.1 Å². The van der Waals surface area contributed by atoms with Gasteiger partial charge >= 0.3 is 11.9 Å². The molecule has 0 N–H and O–H groups in total. The minimum absolute atomic E-state index is 0.562. The fourth-order valence-electron chi connectivity index (χ4n) is 1.48. The van der Waals surface area contributed by atoms with Gasteiger partial charge in [0.15, 0.2) is 0 Å². The molecule has 23 heavy (non-hydrogen) atoms. The molecule has 0 aromatic heterocycles. The fraction of sp³-hybridized carbons (Fsp3) is 0.300. The molecule has 0 radical (unpaired) electrons. The first kappa shape index (κ1) is 20.6. The van der Waals surface area contributed by atoms with Gasteiger partial charge in [0.05, 0.1) is 0 Å². The predicted octanol–water partition coefficient (Wildman–Crippen LogP) is 4.70. The third-order valence-corrected chi connectivity index (χ3v) is 2.72. The van der Waals surface area contributed by atoms with Gasteiger partial charge in [-0.05, 0) is 27.7 Å². The molecule has 0 aliphatic rings. The summed E-state index contributed by atoms with van der Waals surface area (Å²) in [5, 5.41) is 0. The van der Waals surface area contributed by atoms with Crippen LogP contribution in [-0.2, 0) is 14.3 Å². The minimum Gasteiger partial charge on any atom is -0.394 e. The molecule has 124 valence electrons. The summed E-state index contributed by atoms with van der Waals surface area (Å²) in [7, 11) is 0. The number of aryl methyl sites for hydroxylation is 4. The zero-order valence-electron chi connectivity index (χ0n) is 14.8. The van der Waals surface area contributed by atoms with E-state index in [4.69, 9.17) is 0 Å². The number of esters is 2. The maximum Gasteiger partial charge on any atom is 0.310 e. The molecule has 0 atom stereocenters. The summed E-state index contributed by atoms with van der Waals surface area (Å²) >= 11 is 0. The quantitative estimate of drug-likeness (QED) is 0.523. The number of carbonyl (C=O) groups excluding carboxylic acids is 2. The second kappa shape index (κ2) is 11.2. The zero-order chi connectivity index (χ0) is 17.8. The van der Waals surface area contributed by atoms with Crippen molar-refractivity contribution in [2.45, 2.75) is 41.5 Å². The molecule has 0 saturated heterocycles. The molecule has 2 aromatic rings. The van der Waals surface area contributed by atoms with E-state index in [1.807, 2.05) is 0 Å². The van der Waals surface area contributed by atoms with Crippen LogP contribution in [0.5, 0.6) is 0 Å². The molecular weight excluding hydrogens is 288 g/mol. The van der Waals surface area contributed by atoms with Crippen molar-refractivity contribution in [2.75, 3.05) is 0 Å². The summed E-state index contributed by atoms with van der Waals surface area (Å²) < 4.78 is 3.97. The van der Waals surface area contributed by atoms with E-state index in [1.165, 1.54) is 36.1 Å². The van der Waals surface area contributed by atoms with Gasteiger partial charge in [-0.3, -0.25) is 9.59 Å². The Kier molecular flexibility index (Phi) is 10.0. The average molecular weight is 314 g/mol. The normalized spacial score (nSPS) is 8.78. The highest BCUT2D eigenvalue weighted by molar-refractivity contribution is 5.82. The summed E-state index contributed by atoms with van der Waals surface area (Å²) in [6, 6.07) is 17.0. The maximum atomic E-state index is 9.81. The third-order valence-electron chi connectivity index (χ3n) is 2.72. The van der Waals surface area contributed by atoms with Crippen LogP contribution in [0.25, 0.3) is 0 Å². The highest BCUT2D eigenvalue weighted by atomic mass is 16.6. The highest BCUT2D eigenvalue weighted by Crippen LogP contribution is 2.00. The van der Waals surface area contributed by atoms with Gasteiger partial charge in [-0.25, -0.2) is 0 Å². The molecule has 0 bridgehead atoms. The second-order valence-corrected chi connectivity index (χ2v) is 5.39. The molecule has 3 heteroatoms. The van der Waals surface area contributed by atoms with Gasteiger partial charge in [0.25, 0.3) is 0 Å². The number of hydrogen-bond donors (Lipinski definition) is 0. The SMILES string of the molecule is CC(=O)OC(C)=O.Cc1ccc(C)cc1.Cc1ccc(C)cc1. The Bertz CT molecular complexity index is 498. The monoisotopic (exact) mass is 314 g/mol. The van der Waals surface area contributed by atoms with E-state index in [1.54, 1.807) is 0 Å². The average Bonchev–Trinajstić information content (AvgIpc) is 2.45. The van der Waals surface area contributed by atoms with Gasteiger partial charge in [-0.2, -0.15) is 0 Å². The Morgan fingerprint density at radius 1 is 0.565 bits per heavy atom. The Balaban J connectivity index is 0.000000317. The summed E-state index contributed by atoms with van der Waals surface area (Å²) in [5.41, 5.74) is 5.32. The largest absolute Gasteiger partial charge is 0.394 e. The molecule has 0 heterocycles. The molecule has 2 aromatic carbocycles. The molecule has 0 spiro atoms. The van der Waals surface area contributed by atoms with E-state index in [-0.39, 0.29) is 0 Å². The van der Waals surface area contributed by atoms with Crippen LogP contribution >= 0.6 is 0 Å². The van der Waals surface area contributed by atoms with E-state index in [2.05, 4.69) is 81.0 Å². The first-order valence-electron chi connectivity index (χ1n) is 7.46. The maximum absolute atomic E-state index is 9.81. The van der Waals surface area contributed by atoms with E-state index in [9.17, 15) is 9.59 Å². The summed E-state index contributed by atoms with van der Waals surface area (Å²) in [4.78, 5) is 19.6. The summed E-state index contributed by atoms with van der Waals surface area (Å²) in [6.07, 6.45) is 0. The predicted molar refractivity (Wildman–Crippen MR) is 94.3 cm³/mol. The smallest absolute Gasteiger partial charge is 0.310 e. The van der Waals surface area contributed by atoms with E-state index >= 15 is 0 Å². The van der Waals surface area contributed by atoms with E-state index in [0.717, 1.165) is 0 Å². The van der Waals surface area contributed by atoms with Gasteiger partial charge in [-0.15, -0.1) is 0 Å². The molecule has 0 saturated carbocycles. The number of ether oxygens (including phenoxy) is 1. The molecule has 3 nitrogen and oxygen atoms in total. The lowest BCUT2D eigenvalue weighted by Crippen LogP contribution is -2.03. The Labute approximate surface area is 139 Å². The van der Waals surface area contributed by atoms with Crippen molar-refractivity contribution in [1.29, 1.82) is 0 Å². The molecular formula is C20H26O3. The molecule has 2 rings (SSSR count). The minimum atomic E-state index is -0.562. The lowest BCUT2D eigenvalue weighted by Gasteiger charge is -1.90. The van der Waals surface area contributed by atoms with Crippen molar-refractivity contribution in [3.63, 3.8) is 0 Å². The van der Waals surface area contributed by atoms with Crippen LogP contribution in [0.15, 0.2) is 48.5 Å². The van der Waals surface area contributed by atoms with Crippen LogP contribution in [0.4, 0.5) is 0 Å². The number of benzene rings is 2. The van der Waals surface area contributed by atoms with Crippen LogP contribution in [0, 0.1) is 27.7 Å². The van der Waals surface area contributed by atoms with Crippen LogP contribution in [-0.4, -0.2) is 11.9 Å².